The predicted molar refractivity (Wildman–Crippen MR) is 150 cm³/mol. The molecule has 1 aliphatic rings. The number of aromatic nitrogens is 1. The molecule has 9 nitrogen and oxygen atoms in total. The van der Waals surface area contributed by atoms with Crippen LogP contribution in [0.25, 0.3) is 10.9 Å². The van der Waals surface area contributed by atoms with Crippen LogP contribution in [0, 0.1) is 5.82 Å². The first-order valence-corrected chi connectivity index (χ1v) is 13.7. The van der Waals surface area contributed by atoms with Gasteiger partial charge in [0.1, 0.15) is 22.6 Å². The minimum absolute atomic E-state index is 0.00214. The standard InChI is InChI=1S/C29H27FN4O5S/c1-38-23-9-4-8-22(26(23)30)29(36)34-16-14-33(15-17-34)28(35)21-12-11-20(18-24(21)39-2)32-40(37)25-10-3-6-19-7-5-13-31-27(19)25/h3-13,18,32H,14-17H2,1-2H3. The molecule has 2 heterocycles. The molecule has 4 aromatic rings. The molecule has 0 spiro atoms. The molecule has 1 aliphatic heterocycles. The molecule has 0 bridgehead atoms. The van der Waals surface area contributed by atoms with Gasteiger partial charge in [-0.25, -0.2) is 9.11 Å². The Hall–Kier alpha value is -4.35. The van der Waals surface area contributed by atoms with Crippen molar-refractivity contribution in [3.05, 3.63) is 89.9 Å². The first kappa shape index (κ1) is 27.2. The average Bonchev–Trinajstić information content (AvgIpc) is 3.00. The van der Waals surface area contributed by atoms with E-state index in [0.717, 1.165) is 5.39 Å². The van der Waals surface area contributed by atoms with Crippen molar-refractivity contribution in [2.45, 2.75) is 4.90 Å². The lowest BCUT2D eigenvalue weighted by atomic mass is 10.1. The van der Waals surface area contributed by atoms with Gasteiger partial charge < -0.3 is 23.8 Å². The lowest BCUT2D eigenvalue weighted by molar-refractivity contribution is 0.0530. The quantitative estimate of drug-likeness (QED) is 0.338. The molecule has 1 unspecified atom stereocenters. The monoisotopic (exact) mass is 562 g/mol. The van der Waals surface area contributed by atoms with Gasteiger partial charge >= 0.3 is 0 Å². The van der Waals surface area contributed by atoms with Crippen LogP contribution in [0.5, 0.6) is 11.5 Å². The molecule has 0 radical (unpaired) electrons. The second-order valence-corrected chi connectivity index (χ2v) is 10.2. The molecule has 11 heteroatoms. The van der Waals surface area contributed by atoms with Crippen molar-refractivity contribution in [1.82, 2.24) is 14.8 Å². The maximum atomic E-state index is 14.6. The van der Waals surface area contributed by atoms with Gasteiger partial charge in [-0.2, -0.15) is 0 Å². The summed E-state index contributed by atoms with van der Waals surface area (Å²) in [7, 11) is 2.80. The molecule has 0 aliphatic carbocycles. The first-order valence-electron chi connectivity index (χ1n) is 12.5. The molecule has 40 heavy (non-hydrogen) atoms. The van der Waals surface area contributed by atoms with Crippen LogP contribution in [-0.4, -0.2) is 71.5 Å². The Morgan fingerprint density at radius 3 is 2.23 bits per heavy atom. The van der Waals surface area contributed by atoms with Gasteiger partial charge in [0.15, 0.2) is 11.6 Å². The molecule has 1 aromatic heterocycles. The van der Waals surface area contributed by atoms with Crippen molar-refractivity contribution in [1.29, 1.82) is 0 Å². The zero-order valence-electron chi connectivity index (χ0n) is 21.9. The summed E-state index contributed by atoms with van der Waals surface area (Å²) in [5, 5.41) is 0.879. The number of carbonyl (C=O) groups excluding carboxylic acids is 2. The van der Waals surface area contributed by atoms with Crippen LogP contribution >= 0.6 is 0 Å². The molecular formula is C29H27FN4O5S. The number of rotatable bonds is 7. The summed E-state index contributed by atoms with van der Waals surface area (Å²) < 4.78 is 41.1. The van der Waals surface area contributed by atoms with Gasteiger partial charge in [-0.15, -0.1) is 0 Å². The molecule has 1 atom stereocenters. The number of anilines is 1. The maximum Gasteiger partial charge on any atom is 0.257 e. The van der Waals surface area contributed by atoms with Crippen LogP contribution in [0.4, 0.5) is 10.1 Å². The van der Waals surface area contributed by atoms with E-state index in [1.165, 1.54) is 31.3 Å². The summed E-state index contributed by atoms with van der Waals surface area (Å²) in [5.74, 6) is -1.10. The van der Waals surface area contributed by atoms with Crippen molar-refractivity contribution in [3.8, 4) is 11.5 Å². The third-order valence-corrected chi connectivity index (χ3v) is 7.86. The number of halogens is 1. The highest BCUT2D eigenvalue weighted by Crippen LogP contribution is 2.29. The van der Waals surface area contributed by atoms with E-state index in [0.29, 0.717) is 27.4 Å². The molecule has 1 N–H and O–H groups in total. The fourth-order valence-corrected chi connectivity index (χ4v) is 5.61. The molecule has 1 fully saturated rings. The number of benzene rings is 3. The van der Waals surface area contributed by atoms with Crippen LogP contribution in [0.3, 0.4) is 0 Å². The molecule has 2 amide bonds. The van der Waals surface area contributed by atoms with Crippen molar-refractivity contribution in [3.63, 3.8) is 0 Å². The second kappa shape index (κ2) is 11.8. The first-order chi connectivity index (χ1) is 19.4. The number of methoxy groups -OCH3 is 2. The van der Waals surface area contributed by atoms with Gasteiger partial charge in [0, 0.05) is 43.8 Å². The number of fused-ring (bicyclic) bond motifs is 1. The number of pyridine rings is 1. The number of nitrogens with zero attached hydrogens (tertiary/aromatic N) is 3. The average molecular weight is 563 g/mol. The van der Waals surface area contributed by atoms with Crippen molar-refractivity contribution < 1.29 is 28.0 Å². The number of para-hydroxylation sites is 1. The molecule has 206 valence electrons. The summed E-state index contributed by atoms with van der Waals surface area (Å²) >= 11 is -1.60. The van der Waals surface area contributed by atoms with E-state index < -0.39 is 23.1 Å². The van der Waals surface area contributed by atoms with E-state index >= 15 is 0 Å². The van der Waals surface area contributed by atoms with Crippen LogP contribution in [-0.2, 0) is 11.4 Å². The van der Waals surface area contributed by atoms with Gasteiger partial charge in [0.05, 0.1) is 31.0 Å². The third-order valence-electron chi connectivity index (χ3n) is 6.71. The Morgan fingerprint density at radius 2 is 1.52 bits per heavy atom. The Morgan fingerprint density at radius 1 is 0.875 bits per heavy atom. The van der Waals surface area contributed by atoms with E-state index in [4.69, 9.17) is 9.47 Å². The van der Waals surface area contributed by atoms with E-state index in [9.17, 15) is 18.5 Å². The molecule has 0 saturated carbocycles. The number of carbonyl (C=O) groups is 2. The second-order valence-electron chi connectivity index (χ2n) is 9.02. The highest BCUT2D eigenvalue weighted by molar-refractivity contribution is 7.93. The fraction of sp³-hybridized carbons (Fsp3) is 0.207. The van der Waals surface area contributed by atoms with Gasteiger partial charge in [-0.1, -0.05) is 24.3 Å². The molecule has 1 saturated heterocycles. The largest absolute Gasteiger partial charge is 0.588 e. The van der Waals surface area contributed by atoms with Gasteiger partial charge in [-0.05, 0) is 36.4 Å². The van der Waals surface area contributed by atoms with Crippen LogP contribution in [0.1, 0.15) is 20.7 Å². The van der Waals surface area contributed by atoms with E-state index in [2.05, 4.69) is 9.71 Å². The molecule has 3 aromatic carbocycles. The zero-order chi connectivity index (χ0) is 28.2. The number of nitrogens with one attached hydrogen (secondary N) is 1. The van der Waals surface area contributed by atoms with Crippen molar-refractivity contribution in [2.75, 3.05) is 45.1 Å². The summed E-state index contributed by atoms with van der Waals surface area (Å²) in [4.78, 5) is 34.3. The fourth-order valence-electron chi connectivity index (χ4n) is 4.61. The number of hydrogen-bond acceptors (Lipinski definition) is 7. The zero-order valence-corrected chi connectivity index (χ0v) is 22.7. The maximum absolute atomic E-state index is 14.6. The van der Waals surface area contributed by atoms with E-state index in [1.807, 2.05) is 24.3 Å². The Kier molecular flexibility index (Phi) is 8.04. The van der Waals surface area contributed by atoms with Crippen LogP contribution < -0.4 is 14.2 Å². The number of hydrogen-bond donors (Lipinski definition) is 1. The summed E-state index contributed by atoms with van der Waals surface area (Å²) in [6.45, 7) is 1.05. The molecular weight excluding hydrogens is 535 g/mol. The van der Waals surface area contributed by atoms with Gasteiger partial charge in [0.2, 0.25) is 4.90 Å². The summed E-state index contributed by atoms with van der Waals surface area (Å²) in [5.41, 5.74) is 1.42. The third kappa shape index (κ3) is 5.38. The Bertz CT molecular complexity index is 1560. The van der Waals surface area contributed by atoms with E-state index in [-0.39, 0.29) is 43.4 Å². The smallest absolute Gasteiger partial charge is 0.257 e. The van der Waals surface area contributed by atoms with E-state index in [1.54, 1.807) is 41.4 Å². The number of ether oxygens (including phenoxy) is 2. The number of piperazine rings is 1. The lowest BCUT2D eigenvalue weighted by Gasteiger charge is -2.35. The number of amides is 2. The molecule has 5 rings (SSSR count). The Balaban J connectivity index is 1.26. The van der Waals surface area contributed by atoms with Crippen LogP contribution in [0.2, 0.25) is 0 Å². The van der Waals surface area contributed by atoms with Crippen molar-refractivity contribution >= 4 is 39.8 Å². The SMILES string of the molecule is COc1cc(N[S+]([O-])c2cccc3cccnc23)ccc1C(=O)N1CCN(C(=O)c2cccc(OC)c2F)CC1. The highest BCUT2D eigenvalue weighted by atomic mass is 32.2. The summed E-state index contributed by atoms with van der Waals surface area (Å²) in [6, 6.07) is 18.5. The topological polar surface area (TPSA) is 107 Å². The summed E-state index contributed by atoms with van der Waals surface area (Å²) in [6.07, 6.45) is 1.65. The minimum atomic E-state index is -1.60. The lowest BCUT2D eigenvalue weighted by Crippen LogP contribution is -2.50. The van der Waals surface area contributed by atoms with Crippen LogP contribution in [0.15, 0.2) is 77.8 Å². The predicted octanol–water partition coefficient (Wildman–Crippen LogP) is 4.12. The Labute approximate surface area is 233 Å². The highest BCUT2D eigenvalue weighted by Gasteiger charge is 2.29. The normalized spacial score (nSPS) is 14.1. The van der Waals surface area contributed by atoms with Gasteiger partial charge in [0.25, 0.3) is 11.8 Å². The van der Waals surface area contributed by atoms with Gasteiger partial charge in [-0.3, -0.25) is 14.6 Å². The minimum Gasteiger partial charge on any atom is -0.588 e. The van der Waals surface area contributed by atoms with Crippen molar-refractivity contribution in [2.24, 2.45) is 0 Å².